The number of nitrogens with zero attached hydrogens (tertiary/aromatic N) is 2. The molecule has 0 radical (unpaired) electrons. The summed E-state index contributed by atoms with van der Waals surface area (Å²) in [7, 11) is 0. The molecule has 3 rings (SSSR count). The summed E-state index contributed by atoms with van der Waals surface area (Å²) >= 11 is 6.97. The van der Waals surface area contributed by atoms with Crippen molar-refractivity contribution in [2.45, 2.75) is 19.7 Å². The number of hydrogen-bond donors (Lipinski definition) is 0. The zero-order valence-corrected chi connectivity index (χ0v) is 18.1. The van der Waals surface area contributed by atoms with Gasteiger partial charge >= 0.3 is 12.1 Å². The predicted octanol–water partition coefficient (Wildman–Crippen LogP) is 5.62. The third-order valence-electron chi connectivity index (χ3n) is 4.04. The molecule has 11 heteroatoms. The highest BCUT2D eigenvalue weighted by atomic mass is 35.5. The first kappa shape index (κ1) is 23.6. The van der Waals surface area contributed by atoms with Crippen LogP contribution < -0.4 is 9.64 Å². The van der Waals surface area contributed by atoms with Crippen molar-refractivity contribution >= 4 is 45.6 Å². The van der Waals surface area contributed by atoms with Crippen LogP contribution in [0.1, 0.15) is 18.2 Å². The Morgan fingerprint density at radius 1 is 1.16 bits per heavy atom. The second-order valence-electron chi connectivity index (χ2n) is 6.40. The fourth-order valence-corrected chi connectivity index (χ4v) is 3.67. The van der Waals surface area contributed by atoms with E-state index in [1.54, 1.807) is 29.6 Å². The van der Waals surface area contributed by atoms with Crippen molar-refractivity contribution < 1.29 is 32.2 Å². The maximum atomic E-state index is 13.0. The minimum atomic E-state index is -4.55. The molecule has 0 N–H and O–H groups in total. The summed E-state index contributed by atoms with van der Waals surface area (Å²) < 4.78 is 49.5. The van der Waals surface area contributed by atoms with Crippen LogP contribution in [-0.4, -0.2) is 23.5 Å². The van der Waals surface area contributed by atoms with Gasteiger partial charge < -0.3 is 9.47 Å². The molecule has 0 aliphatic rings. The van der Waals surface area contributed by atoms with Crippen LogP contribution in [0.4, 0.5) is 24.0 Å². The highest BCUT2D eigenvalue weighted by Gasteiger charge is 2.31. The minimum Gasteiger partial charge on any atom is -0.480 e. The molecule has 1 heterocycles. The fourth-order valence-electron chi connectivity index (χ4n) is 2.61. The lowest BCUT2D eigenvalue weighted by molar-refractivity contribution is -0.147. The molecule has 0 aliphatic heterocycles. The van der Waals surface area contributed by atoms with E-state index < -0.39 is 23.6 Å². The molecule has 0 saturated heterocycles. The number of aromatic nitrogens is 1. The van der Waals surface area contributed by atoms with Gasteiger partial charge in [0.2, 0.25) is 5.91 Å². The Morgan fingerprint density at radius 3 is 2.59 bits per heavy atom. The van der Waals surface area contributed by atoms with Crippen LogP contribution in [0.15, 0.2) is 53.9 Å². The van der Waals surface area contributed by atoms with Gasteiger partial charge in [0.15, 0.2) is 11.7 Å². The topological polar surface area (TPSA) is 68.7 Å². The molecular formula is C21H16ClF3N2O4S. The fraction of sp³-hybridized carbons (Fsp3) is 0.190. The van der Waals surface area contributed by atoms with E-state index in [9.17, 15) is 22.8 Å². The molecule has 0 saturated carbocycles. The smallest absolute Gasteiger partial charge is 0.416 e. The van der Waals surface area contributed by atoms with E-state index in [2.05, 4.69) is 4.98 Å². The molecule has 0 atom stereocenters. The number of rotatable bonds is 7. The first-order valence-corrected chi connectivity index (χ1v) is 10.4. The summed E-state index contributed by atoms with van der Waals surface area (Å²) in [4.78, 5) is 29.3. The Labute approximate surface area is 190 Å². The van der Waals surface area contributed by atoms with Crippen LogP contribution >= 0.6 is 22.9 Å². The summed E-state index contributed by atoms with van der Waals surface area (Å²) in [6, 6.07) is 11.0. The van der Waals surface area contributed by atoms with E-state index in [1.165, 1.54) is 19.1 Å². The molecule has 32 heavy (non-hydrogen) atoms. The molecule has 168 valence electrons. The van der Waals surface area contributed by atoms with Gasteiger partial charge in [-0.3, -0.25) is 9.69 Å². The van der Waals surface area contributed by atoms with Gasteiger partial charge in [-0.1, -0.05) is 29.8 Å². The van der Waals surface area contributed by atoms with Crippen LogP contribution in [0.5, 0.6) is 5.75 Å². The number of alkyl halides is 3. The van der Waals surface area contributed by atoms with Crippen molar-refractivity contribution in [2.24, 2.45) is 0 Å². The normalized spacial score (nSPS) is 11.2. The van der Waals surface area contributed by atoms with Gasteiger partial charge in [-0.15, -0.1) is 11.3 Å². The highest BCUT2D eigenvalue weighted by Crippen LogP contribution is 2.35. The quantitative estimate of drug-likeness (QED) is 0.407. The molecule has 0 spiro atoms. The van der Waals surface area contributed by atoms with E-state index in [4.69, 9.17) is 21.1 Å². The predicted molar refractivity (Wildman–Crippen MR) is 113 cm³/mol. The lowest BCUT2D eigenvalue weighted by Gasteiger charge is -2.19. The number of halogens is 4. The molecular weight excluding hydrogens is 469 g/mol. The lowest BCUT2D eigenvalue weighted by Crippen LogP contribution is -2.23. The number of thiazole rings is 1. The van der Waals surface area contributed by atoms with E-state index >= 15 is 0 Å². The SMILES string of the molecule is CC(=O)N(c1cccc(C(F)(F)F)c1)c1nc(COC(=O)COc2ccccc2Cl)cs1. The Hall–Kier alpha value is -3.11. The number of amides is 1. The Bertz CT molecular complexity index is 1120. The second-order valence-corrected chi connectivity index (χ2v) is 7.65. The van der Waals surface area contributed by atoms with E-state index in [-0.39, 0.29) is 24.0 Å². The summed E-state index contributed by atoms with van der Waals surface area (Å²) in [5.41, 5.74) is -0.529. The van der Waals surface area contributed by atoms with E-state index in [1.807, 2.05) is 0 Å². The summed E-state index contributed by atoms with van der Waals surface area (Å²) in [6.45, 7) is 0.646. The maximum absolute atomic E-state index is 13.0. The molecule has 0 fully saturated rings. The number of carbonyl (C=O) groups excluding carboxylic acids is 2. The molecule has 1 aromatic heterocycles. The molecule has 0 bridgehead atoms. The first-order valence-electron chi connectivity index (χ1n) is 9.10. The van der Waals surface area contributed by atoms with Gasteiger partial charge in [0.25, 0.3) is 0 Å². The number of anilines is 2. The van der Waals surface area contributed by atoms with Crippen molar-refractivity contribution in [3.63, 3.8) is 0 Å². The van der Waals surface area contributed by atoms with Gasteiger partial charge in [-0.25, -0.2) is 9.78 Å². The van der Waals surface area contributed by atoms with Crippen LogP contribution in [0.25, 0.3) is 0 Å². The Morgan fingerprint density at radius 2 is 1.91 bits per heavy atom. The Balaban J connectivity index is 1.65. The molecule has 0 unspecified atom stereocenters. The van der Waals surface area contributed by atoms with Crippen LogP contribution in [0.2, 0.25) is 5.02 Å². The summed E-state index contributed by atoms with van der Waals surface area (Å²) in [5, 5.41) is 2.04. The average molecular weight is 485 g/mol. The molecule has 3 aromatic rings. The van der Waals surface area contributed by atoms with Crippen molar-refractivity contribution in [1.82, 2.24) is 4.98 Å². The maximum Gasteiger partial charge on any atom is 0.416 e. The second kappa shape index (κ2) is 10.0. The van der Waals surface area contributed by atoms with Gasteiger partial charge in [-0.05, 0) is 30.3 Å². The van der Waals surface area contributed by atoms with Crippen molar-refractivity contribution in [3.05, 3.63) is 70.2 Å². The van der Waals surface area contributed by atoms with Crippen molar-refractivity contribution in [3.8, 4) is 5.75 Å². The standard InChI is InChI=1S/C21H16ClF3N2O4S/c1-13(28)27(16-6-4-5-14(9-16)21(23,24)25)20-26-15(12-32-20)10-31-19(29)11-30-18-8-3-2-7-17(18)22/h2-9,12H,10-11H2,1H3. The summed E-state index contributed by atoms with van der Waals surface area (Å²) in [5.74, 6) is -0.851. The molecule has 2 aromatic carbocycles. The zero-order chi connectivity index (χ0) is 23.3. The number of benzene rings is 2. The number of esters is 1. The van der Waals surface area contributed by atoms with Crippen LogP contribution in [-0.2, 0) is 27.1 Å². The number of ether oxygens (including phenoxy) is 2. The Kier molecular flexibility index (Phi) is 7.37. The monoisotopic (exact) mass is 484 g/mol. The zero-order valence-electron chi connectivity index (χ0n) is 16.6. The van der Waals surface area contributed by atoms with E-state index in [0.29, 0.717) is 16.5 Å². The van der Waals surface area contributed by atoms with Gasteiger partial charge in [-0.2, -0.15) is 13.2 Å². The minimum absolute atomic E-state index is 0.0263. The third-order valence-corrected chi connectivity index (χ3v) is 5.23. The van der Waals surface area contributed by atoms with Gasteiger partial charge in [0.05, 0.1) is 22.0 Å². The third kappa shape index (κ3) is 5.98. The van der Waals surface area contributed by atoms with Gasteiger partial charge in [0, 0.05) is 12.3 Å². The lowest BCUT2D eigenvalue weighted by atomic mass is 10.2. The van der Waals surface area contributed by atoms with Crippen molar-refractivity contribution in [1.29, 1.82) is 0 Å². The number of carbonyl (C=O) groups is 2. The number of para-hydroxylation sites is 1. The first-order chi connectivity index (χ1) is 15.1. The largest absolute Gasteiger partial charge is 0.480 e. The molecule has 6 nitrogen and oxygen atoms in total. The highest BCUT2D eigenvalue weighted by molar-refractivity contribution is 7.14. The van der Waals surface area contributed by atoms with Crippen molar-refractivity contribution in [2.75, 3.05) is 11.5 Å². The van der Waals surface area contributed by atoms with Gasteiger partial charge in [0.1, 0.15) is 12.4 Å². The molecule has 1 amide bonds. The van der Waals surface area contributed by atoms with Crippen LogP contribution in [0.3, 0.4) is 0 Å². The average Bonchev–Trinajstić information content (AvgIpc) is 3.19. The van der Waals surface area contributed by atoms with E-state index in [0.717, 1.165) is 28.4 Å². The molecule has 0 aliphatic carbocycles. The number of hydrogen-bond acceptors (Lipinski definition) is 6. The summed E-state index contributed by atoms with van der Waals surface area (Å²) in [6.07, 6.45) is -4.55. The van der Waals surface area contributed by atoms with Crippen LogP contribution in [0, 0.1) is 0 Å².